The zero-order valence-corrected chi connectivity index (χ0v) is 21.2. The number of thioether (sulfide) groups is 1. The molecule has 4 rings (SSSR count). The van der Waals surface area contributed by atoms with E-state index < -0.39 is 22.3 Å². The molecule has 0 saturated carbocycles. The summed E-state index contributed by atoms with van der Waals surface area (Å²) in [5, 5.41) is 0.0617. The van der Waals surface area contributed by atoms with Gasteiger partial charge in [0.05, 0.1) is 33.5 Å². The van der Waals surface area contributed by atoms with Gasteiger partial charge in [0.25, 0.3) is 5.24 Å². The molecule has 3 aromatic rings. The van der Waals surface area contributed by atoms with E-state index in [0.717, 1.165) is 5.56 Å². The van der Waals surface area contributed by atoms with Crippen LogP contribution >= 0.6 is 11.8 Å². The van der Waals surface area contributed by atoms with Crippen molar-refractivity contribution in [2.24, 2.45) is 0 Å². The Morgan fingerprint density at radius 1 is 0.919 bits per heavy atom. The molecule has 1 fully saturated rings. The van der Waals surface area contributed by atoms with E-state index >= 15 is 0 Å². The molecule has 2 amide bonds. The summed E-state index contributed by atoms with van der Waals surface area (Å²) in [5.41, 5.74) is 2.40. The fourth-order valence-electron chi connectivity index (χ4n) is 3.61. The monoisotopic (exact) mass is 520 g/mol. The quantitative estimate of drug-likeness (QED) is 0.236. The summed E-state index contributed by atoms with van der Waals surface area (Å²) in [6.07, 6.45) is 1.78. The first-order valence-electron chi connectivity index (χ1n) is 11.7. The van der Waals surface area contributed by atoms with Gasteiger partial charge >= 0.3 is 5.97 Å². The first-order valence-corrected chi connectivity index (χ1v) is 12.0. The summed E-state index contributed by atoms with van der Waals surface area (Å²) in [4.78, 5) is 35.9. The summed E-state index contributed by atoms with van der Waals surface area (Å²) >= 11 is 0.675. The third kappa shape index (κ3) is 6.50. The Hall–Kier alpha value is -4.24. The Bertz CT molecular complexity index is 1370. The lowest BCUT2D eigenvalue weighted by molar-refractivity contribution is -0.133. The van der Waals surface area contributed by atoms with E-state index in [1.807, 2.05) is 0 Å². The molecule has 0 aromatic heterocycles. The second-order valence-electron chi connectivity index (χ2n) is 7.91. The third-order valence-corrected chi connectivity index (χ3v) is 6.33. The fourth-order valence-corrected chi connectivity index (χ4v) is 4.36. The molecule has 1 N–H and O–H groups in total. The Balaban J connectivity index is 1.50. The smallest absolute Gasteiger partial charge is 0.338 e. The normalized spacial score (nSPS) is 17.6. The molecule has 9 heteroatoms. The van der Waals surface area contributed by atoms with Gasteiger partial charge in [-0.1, -0.05) is 36.0 Å². The lowest BCUT2D eigenvalue weighted by atomic mass is 10.0. The van der Waals surface area contributed by atoms with Gasteiger partial charge in [0.2, 0.25) is 5.91 Å². The maximum Gasteiger partial charge on any atom is 0.338 e. The molecule has 8 nitrogen and oxygen atoms in total. The van der Waals surface area contributed by atoms with Crippen molar-refractivity contribution >= 4 is 40.5 Å². The lowest BCUT2D eigenvalue weighted by Gasteiger charge is -2.11. The Kier molecular flexibility index (Phi) is 7.71. The van der Waals surface area contributed by atoms with E-state index in [-0.39, 0.29) is 6.42 Å². The van der Waals surface area contributed by atoms with Crippen LogP contribution in [0.15, 0.2) is 66.7 Å². The number of esters is 1. The van der Waals surface area contributed by atoms with Crippen molar-refractivity contribution in [3.05, 3.63) is 83.4 Å². The second-order valence-corrected chi connectivity index (χ2v) is 8.98. The molecular weight excluding hydrogens is 494 g/mol. The summed E-state index contributed by atoms with van der Waals surface area (Å²) in [6, 6.07) is 19.2. The minimum Gasteiger partial charge on any atom is -0.497 e. The zero-order chi connectivity index (χ0) is 27.3. The molecule has 1 saturated heterocycles. The van der Waals surface area contributed by atoms with Crippen LogP contribution in [0.5, 0.6) is 23.0 Å². The van der Waals surface area contributed by atoms with Crippen LogP contribution < -0.4 is 19.5 Å². The van der Waals surface area contributed by atoms with Gasteiger partial charge in [0.1, 0.15) is 23.0 Å². The number of hydrogen-bond donors (Lipinski definition) is 1. The van der Waals surface area contributed by atoms with Crippen molar-refractivity contribution in [2.45, 2.75) is 11.6 Å². The van der Waals surface area contributed by atoms with Gasteiger partial charge in [-0.15, -0.1) is 0 Å². The SMILES string of the molecule is [2H][C@]1(Cc2ccc(Oc3ccc(/C(=C\c4cc(OC)cc(OC)c4)C(=O)OC)cc3)cc2)SC(=O)NC1=O. The number of nitrogens with one attached hydrogen (secondary N) is 1. The van der Waals surface area contributed by atoms with E-state index in [2.05, 4.69) is 5.32 Å². The number of amides is 2. The molecule has 0 bridgehead atoms. The van der Waals surface area contributed by atoms with Gasteiger partial charge in [-0.2, -0.15) is 0 Å². The highest BCUT2D eigenvalue weighted by atomic mass is 32.2. The number of benzene rings is 3. The molecule has 0 radical (unpaired) electrons. The molecule has 190 valence electrons. The predicted octanol–water partition coefficient (Wildman–Crippen LogP) is 5.10. The molecule has 1 aliphatic rings. The number of hydrogen-bond acceptors (Lipinski definition) is 8. The molecule has 0 aliphatic carbocycles. The molecule has 1 atom stereocenters. The highest BCUT2D eigenvalue weighted by Gasteiger charge is 2.31. The van der Waals surface area contributed by atoms with E-state index in [1.165, 1.54) is 7.11 Å². The molecular formula is C28H25NO7S. The van der Waals surface area contributed by atoms with Gasteiger partial charge < -0.3 is 18.9 Å². The lowest BCUT2D eigenvalue weighted by Crippen LogP contribution is -2.25. The molecule has 37 heavy (non-hydrogen) atoms. The maximum atomic E-state index is 12.6. The average molecular weight is 521 g/mol. The molecule has 1 heterocycles. The van der Waals surface area contributed by atoms with Crippen LogP contribution in [-0.2, 0) is 20.7 Å². The standard InChI is InChI=1S/C28H25NO7S/c1-33-22-12-18(13-23(16-22)34-2)14-24(27(31)35-3)19-6-10-21(11-7-19)36-20-8-4-17(5-9-20)15-25-26(30)29-28(32)37-25/h4-14,16,25H,15H2,1-3H3,(H,29,30,32)/b24-14+/t25-/m1/s1/i25D. The number of carbonyl (C=O) groups is 3. The van der Waals surface area contributed by atoms with Crippen molar-refractivity contribution in [2.75, 3.05) is 21.3 Å². The molecule has 3 aromatic carbocycles. The van der Waals surface area contributed by atoms with Gasteiger partial charge in [-0.25, -0.2) is 4.79 Å². The second kappa shape index (κ2) is 11.7. The largest absolute Gasteiger partial charge is 0.497 e. The van der Waals surface area contributed by atoms with Gasteiger partial charge in [0, 0.05) is 6.07 Å². The van der Waals surface area contributed by atoms with Gasteiger partial charge in [-0.3, -0.25) is 14.9 Å². The Morgan fingerprint density at radius 3 is 2.03 bits per heavy atom. The van der Waals surface area contributed by atoms with Crippen LogP contribution in [0, 0.1) is 0 Å². The van der Waals surface area contributed by atoms with Crippen molar-refractivity contribution in [1.29, 1.82) is 0 Å². The average Bonchev–Trinajstić information content (AvgIpc) is 3.18. The van der Waals surface area contributed by atoms with Crippen LogP contribution in [0.25, 0.3) is 11.6 Å². The van der Waals surface area contributed by atoms with Crippen molar-refractivity contribution in [1.82, 2.24) is 5.32 Å². The van der Waals surface area contributed by atoms with Crippen LogP contribution in [0.2, 0.25) is 0 Å². The van der Waals surface area contributed by atoms with Crippen molar-refractivity contribution in [3.63, 3.8) is 0 Å². The van der Waals surface area contributed by atoms with E-state index in [0.29, 0.717) is 51.5 Å². The molecule has 1 aliphatic heterocycles. The first-order chi connectivity index (χ1) is 18.2. The summed E-state index contributed by atoms with van der Waals surface area (Å²) in [7, 11) is 4.43. The minimum absolute atomic E-state index is 0.0893. The number of rotatable bonds is 9. The maximum absolute atomic E-state index is 12.6. The molecule has 0 unspecified atom stereocenters. The third-order valence-electron chi connectivity index (χ3n) is 5.46. The molecule has 0 spiro atoms. The Labute approximate surface area is 220 Å². The highest BCUT2D eigenvalue weighted by molar-refractivity contribution is 8.15. The summed E-state index contributed by atoms with van der Waals surface area (Å²) < 4.78 is 29.8. The Morgan fingerprint density at radius 2 is 1.51 bits per heavy atom. The van der Waals surface area contributed by atoms with Crippen molar-refractivity contribution < 1.29 is 34.7 Å². The zero-order valence-electron chi connectivity index (χ0n) is 21.4. The minimum atomic E-state index is -1.57. The topological polar surface area (TPSA) is 100 Å². The van der Waals surface area contributed by atoms with Crippen LogP contribution in [0.3, 0.4) is 0 Å². The van der Waals surface area contributed by atoms with Crippen LogP contribution in [0.1, 0.15) is 18.1 Å². The highest BCUT2D eigenvalue weighted by Crippen LogP contribution is 2.29. The van der Waals surface area contributed by atoms with E-state index in [1.54, 1.807) is 87.0 Å². The number of imide groups is 1. The van der Waals surface area contributed by atoms with E-state index in [9.17, 15) is 14.4 Å². The number of carbonyl (C=O) groups excluding carboxylic acids is 3. The first kappa shape index (κ1) is 24.5. The number of methoxy groups -OCH3 is 3. The number of ether oxygens (including phenoxy) is 4. The van der Waals surface area contributed by atoms with E-state index in [4.69, 9.17) is 20.3 Å². The van der Waals surface area contributed by atoms with Gasteiger partial charge in [-0.05, 0) is 65.6 Å². The summed E-state index contributed by atoms with van der Waals surface area (Å²) in [5.74, 6) is 1.16. The van der Waals surface area contributed by atoms with Crippen LogP contribution in [-0.4, -0.2) is 43.7 Å². The van der Waals surface area contributed by atoms with Gasteiger partial charge in [0.15, 0.2) is 0 Å². The van der Waals surface area contributed by atoms with Crippen molar-refractivity contribution in [3.8, 4) is 23.0 Å². The predicted molar refractivity (Wildman–Crippen MR) is 141 cm³/mol. The fraction of sp³-hybridized carbons (Fsp3) is 0.179. The summed E-state index contributed by atoms with van der Waals surface area (Å²) in [6.45, 7) is 0. The van der Waals surface area contributed by atoms with Crippen LogP contribution in [0.4, 0.5) is 4.79 Å².